The molecule has 2 N–H and O–H groups in total. The molecular weight excluding hydrogens is 306 g/mol. The highest BCUT2D eigenvalue weighted by atomic mass is 16.2. The van der Waals surface area contributed by atoms with Gasteiger partial charge in [-0.1, -0.05) is 0 Å². The highest BCUT2D eigenvalue weighted by molar-refractivity contribution is 5.86. The predicted octanol–water partition coefficient (Wildman–Crippen LogP) is -0.247. The first-order valence-electron chi connectivity index (χ1n) is 8.59. The van der Waals surface area contributed by atoms with Gasteiger partial charge in [0, 0.05) is 50.5 Å². The second-order valence-electron chi connectivity index (χ2n) is 7.16. The van der Waals surface area contributed by atoms with Crippen molar-refractivity contribution in [3.05, 3.63) is 30.1 Å². The van der Waals surface area contributed by atoms with Gasteiger partial charge in [-0.15, -0.1) is 0 Å². The fourth-order valence-electron chi connectivity index (χ4n) is 4.07. The Labute approximate surface area is 141 Å². The molecule has 3 aliphatic heterocycles. The molecule has 3 aliphatic rings. The van der Waals surface area contributed by atoms with Crippen molar-refractivity contribution in [2.75, 3.05) is 19.6 Å². The molecule has 0 saturated carbocycles. The number of nitrogens with zero attached hydrogens (tertiary/aromatic N) is 3. The maximum absolute atomic E-state index is 12.7. The lowest BCUT2D eigenvalue weighted by molar-refractivity contribution is -0.134. The Hall–Kier alpha value is -1.99. The Morgan fingerprint density at radius 2 is 2.04 bits per heavy atom. The van der Waals surface area contributed by atoms with Gasteiger partial charge in [-0.2, -0.15) is 0 Å². The van der Waals surface area contributed by atoms with E-state index in [1.807, 2.05) is 21.9 Å². The summed E-state index contributed by atoms with van der Waals surface area (Å²) in [6.45, 7) is 4.67. The van der Waals surface area contributed by atoms with Crippen molar-refractivity contribution < 1.29 is 9.59 Å². The monoisotopic (exact) mass is 329 g/mol. The Balaban J connectivity index is 1.37. The average Bonchev–Trinajstić information content (AvgIpc) is 3.26. The van der Waals surface area contributed by atoms with Crippen LogP contribution >= 0.6 is 0 Å². The van der Waals surface area contributed by atoms with Crippen LogP contribution < -0.4 is 10.9 Å². The van der Waals surface area contributed by atoms with Gasteiger partial charge in [0.15, 0.2) is 0 Å². The summed E-state index contributed by atoms with van der Waals surface area (Å²) in [5, 5.41) is 0. The Morgan fingerprint density at radius 1 is 1.25 bits per heavy atom. The average molecular weight is 329 g/mol. The van der Waals surface area contributed by atoms with Crippen molar-refractivity contribution in [3.8, 4) is 0 Å². The van der Waals surface area contributed by atoms with Crippen molar-refractivity contribution in [1.82, 2.24) is 25.6 Å². The highest BCUT2D eigenvalue weighted by Gasteiger charge is 2.48. The topological polar surface area (TPSA) is 77.6 Å². The quantitative estimate of drug-likeness (QED) is 0.800. The van der Waals surface area contributed by atoms with E-state index in [2.05, 4.69) is 22.8 Å². The summed E-state index contributed by atoms with van der Waals surface area (Å²) >= 11 is 0. The number of hydrazine groups is 1. The summed E-state index contributed by atoms with van der Waals surface area (Å²) < 4.78 is 0. The van der Waals surface area contributed by atoms with Crippen LogP contribution in [0, 0.1) is 11.8 Å². The maximum atomic E-state index is 12.7. The van der Waals surface area contributed by atoms with Crippen LogP contribution in [-0.2, 0) is 16.1 Å². The number of carbonyl (C=O) groups excluding carboxylic acids is 2. The van der Waals surface area contributed by atoms with E-state index in [-0.39, 0.29) is 29.7 Å². The van der Waals surface area contributed by atoms with Gasteiger partial charge in [-0.3, -0.25) is 20.0 Å². The van der Waals surface area contributed by atoms with Crippen molar-refractivity contribution in [3.63, 3.8) is 0 Å². The summed E-state index contributed by atoms with van der Waals surface area (Å²) in [6.07, 6.45) is 4.30. The molecule has 128 valence electrons. The number of hydrogen-bond donors (Lipinski definition) is 2. The van der Waals surface area contributed by atoms with Gasteiger partial charge in [0.1, 0.15) is 6.04 Å². The zero-order chi connectivity index (χ0) is 16.7. The Kier molecular flexibility index (Phi) is 3.97. The molecule has 1 aromatic rings. The molecule has 4 rings (SSSR count). The number of rotatable bonds is 3. The normalized spacial score (nSPS) is 32.5. The van der Waals surface area contributed by atoms with E-state index in [1.54, 1.807) is 12.4 Å². The van der Waals surface area contributed by atoms with Gasteiger partial charge in [0.25, 0.3) is 0 Å². The first-order valence-corrected chi connectivity index (χ1v) is 8.59. The van der Waals surface area contributed by atoms with E-state index in [4.69, 9.17) is 0 Å². The maximum Gasteiger partial charge on any atom is 0.241 e. The number of aromatic nitrogens is 1. The summed E-state index contributed by atoms with van der Waals surface area (Å²) in [4.78, 5) is 33.1. The van der Waals surface area contributed by atoms with E-state index in [1.165, 1.54) is 0 Å². The van der Waals surface area contributed by atoms with Crippen LogP contribution in [0.25, 0.3) is 0 Å². The molecule has 4 atom stereocenters. The first-order chi connectivity index (χ1) is 11.6. The van der Waals surface area contributed by atoms with Crippen molar-refractivity contribution in [2.24, 2.45) is 11.8 Å². The van der Waals surface area contributed by atoms with Crippen LogP contribution in [0.5, 0.6) is 0 Å². The third-order valence-corrected chi connectivity index (χ3v) is 5.35. The molecule has 2 unspecified atom stereocenters. The van der Waals surface area contributed by atoms with Crippen LogP contribution in [-0.4, -0.2) is 58.3 Å². The summed E-state index contributed by atoms with van der Waals surface area (Å²) in [7, 11) is 0. The van der Waals surface area contributed by atoms with Gasteiger partial charge >= 0.3 is 0 Å². The van der Waals surface area contributed by atoms with Crippen LogP contribution in [0.1, 0.15) is 18.9 Å². The number of amides is 2. The number of likely N-dealkylation sites (tertiary alicyclic amines) is 2. The van der Waals surface area contributed by atoms with E-state index >= 15 is 0 Å². The number of pyridine rings is 1. The van der Waals surface area contributed by atoms with Gasteiger partial charge in [-0.25, -0.2) is 5.43 Å². The number of hydrogen-bond acceptors (Lipinski definition) is 5. The third-order valence-electron chi connectivity index (χ3n) is 5.35. The molecule has 0 aliphatic carbocycles. The standard InChI is InChI=1S/C17H23N5O2/c1-11-6-15(20-19-11)17(24)22-9-13-8-21(16(23)14(13)10-22)7-12-2-4-18-5-3-12/h2-5,11,13-15,19-20H,6-10H2,1H3/t11?,13-,14+,15?/m0/s1. The number of fused-ring (bicyclic) bond motifs is 1. The van der Waals surface area contributed by atoms with Gasteiger partial charge in [0.2, 0.25) is 11.8 Å². The smallest absolute Gasteiger partial charge is 0.241 e. The number of nitrogens with one attached hydrogen (secondary N) is 2. The highest BCUT2D eigenvalue weighted by Crippen LogP contribution is 2.33. The first kappa shape index (κ1) is 15.5. The van der Waals surface area contributed by atoms with E-state index in [9.17, 15) is 9.59 Å². The predicted molar refractivity (Wildman–Crippen MR) is 87.4 cm³/mol. The van der Waals surface area contributed by atoms with Crippen molar-refractivity contribution in [1.29, 1.82) is 0 Å². The Morgan fingerprint density at radius 3 is 2.71 bits per heavy atom. The van der Waals surface area contributed by atoms with Crippen LogP contribution in [0.4, 0.5) is 0 Å². The fourth-order valence-corrected chi connectivity index (χ4v) is 4.07. The van der Waals surface area contributed by atoms with Gasteiger partial charge < -0.3 is 9.80 Å². The lowest BCUT2D eigenvalue weighted by Gasteiger charge is -2.24. The molecule has 3 saturated heterocycles. The minimum Gasteiger partial charge on any atom is -0.340 e. The van der Waals surface area contributed by atoms with E-state index < -0.39 is 0 Å². The molecule has 7 nitrogen and oxygen atoms in total. The molecule has 0 bridgehead atoms. The molecule has 3 fully saturated rings. The molecule has 1 aromatic heterocycles. The van der Waals surface area contributed by atoms with Crippen molar-refractivity contribution in [2.45, 2.75) is 32.0 Å². The molecular formula is C17H23N5O2. The second-order valence-corrected chi connectivity index (χ2v) is 7.16. The van der Waals surface area contributed by atoms with Crippen LogP contribution in [0.15, 0.2) is 24.5 Å². The van der Waals surface area contributed by atoms with Gasteiger partial charge in [-0.05, 0) is 31.0 Å². The van der Waals surface area contributed by atoms with Crippen LogP contribution in [0.3, 0.4) is 0 Å². The lowest BCUT2D eigenvalue weighted by Crippen LogP contribution is -2.46. The van der Waals surface area contributed by atoms with Crippen molar-refractivity contribution >= 4 is 11.8 Å². The minimum atomic E-state index is -0.165. The van der Waals surface area contributed by atoms with Gasteiger partial charge in [0.05, 0.1) is 5.92 Å². The third kappa shape index (κ3) is 2.78. The molecule has 0 spiro atoms. The lowest BCUT2D eigenvalue weighted by atomic mass is 10.0. The second kappa shape index (κ2) is 6.14. The Bertz CT molecular complexity index is 637. The molecule has 24 heavy (non-hydrogen) atoms. The van der Waals surface area contributed by atoms with E-state index in [0.717, 1.165) is 18.5 Å². The molecule has 0 radical (unpaired) electrons. The largest absolute Gasteiger partial charge is 0.340 e. The summed E-state index contributed by atoms with van der Waals surface area (Å²) in [5.74, 6) is 0.519. The van der Waals surface area contributed by atoms with E-state index in [0.29, 0.717) is 25.7 Å². The summed E-state index contributed by atoms with van der Waals surface area (Å²) in [6, 6.07) is 4.02. The molecule has 7 heteroatoms. The molecule has 2 amide bonds. The van der Waals surface area contributed by atoms with Crippen LogP contribution in [0.2, 0.25) is 0 Å². The minimum absolute atomic E-state index is 0.0393. The number of carbonyl (C=O) groups is 2. The SMILES string of the molecule is CC1CC(C(=O)N2C[C@@H]3CN(Cc4ccncc4)C(=O)[C@@H]3C2)NN1. The molecule has 4 heterocycles. The fraction of sp³-hybridized carbons (Fsp3) is 0.588. The summed E-state index contributed by atoms with van der Waals surface area (Å²) in [5.41, 5.74) is 7.25. The zero-order valence-corrected chi connectivity index (χ0v) is 13.8. The molecule has 0 aromatic carbocycles. The zero-order valence-electron chi connectivity index (χ0n) is 13.8.